The van der Waals surface area contributed by atoms with E-state index in [0.717, 1.165) is 24.2 Å². The Hall–Kier alpha value is -2.54. The van der Waals surface area contributed by atoms with Crippen LogP contribution < -0.4 is 10.2 Å². The number of nitrogens with zero attached hydrogens (tertiary/aromatic N) is 1. The van der Waals surface area contributed by atoms with Gasteiger partial charge in [0.1, 0.15) is 0 Å². The second-order valence-corrected chi connectivity index (χ2v) is 6.64. The van der Waals surface area contributed by atoms with Crippen LogP contribution in [0.5, 0.6) is 0 Å². The average Bonchev–Trinajstić information content (AvgIpc) is 3.02. The van der Waals surface area contributed by atoms with Crippen LogP contribution in [0.4, 0.5) is 24.5 Å². The van der Waals surface area contributed by atoms with Gasteiger partial charge in [0.2, 0.25) is 11.8 Å². The van der Waals surface area contributed by atoms with E-state index in [-0.39, 0.29) is 18.0 Å². The second kappa shape index (κ2) is 7.60. The topological polar surface area (TPSA) is 49.4 Å². The van der Waals surface area contributed by atoms with Crippen LogP contribution in [0.3, 0.4) is 0 Å². The van der Waals surface area contributed by atoms with Crippen LogP contribution >= 0.6 is 11.6 Å². The quantitative estimate of drug-likeness (QED) is 0.816. The molecule has 0 atom stereocenters. The molecular weight excluding hydrogens is 381 g/mol. The molecular formula is C19H16ClF3N2O2. The highest BCUT2D eigenvalue weighted by molar-refractivity contribution is 6.31. The number of nitrogens with one attached hydrogen (secondary N) is 1. The molecule has 0 aromatic heterocycles. The molecule has 2 amide bonds. The molecule has 0 saturated carbocycles. The molecule has 8 heteroatoms. The maximum Gasteiger partial charge on any atom is 0.417 e. The fourth-order valence-electron chi connectivity index (χ4n) is 2.93. The van der Waals surface area contributed by atoms with Crippen molar-refractivity contribution in [3.8, 4) is 0 Å². The number of benzene rings is 2. The van der Waals surface area contributed by atoms with Gasteiger partial charge in [-0.3, -0.25) is 9.59 Å². The van der Waals surface area contributed by atoms with Gasteiger partial charge >= 0.3 is 6.18 Å². The van der Waals surface area contributed by atoms with Crippen LogP contribution in [0.15, 0.2) is 42.5 Å². The van der Waals surface area contributed by atoms with E-state index in [1.165, 1.54) is 6.07 Å². The first-order valence-corrected chi connectivity index (χ1v) is 8.68. The number of rotatable bonds is 4. The molecule has 142 valence electrons. The predicted octanol–water partition coefficient (Wildman–Crippen LogP) is 4.67. The zero-order valence-corrected chi connectivity index (χ0v) is 14.9. The van der Waals surface area contributed by atoms with Crippen molar-refractivity contribution >= 4 is 34.8 Å². The molecule has 1 aliphatic heterocycles. The summed E-state index contributed by atoms with van der Waals surface area (Å²) >= 11 is 5.57. The summed E-state index contributed by atoms with van der Waals surface area (Å²) in [7, 11) is 0. The molecule has 27 heavy (non-hydrogen) atoms. The van der Waals surface area contributed by atoms with Gasteiger partial charge in [0, 0.05) is 24.3 Å². The van der Waals surface area contributed by atoms with E-state index in [0.29, 0.717) is 18.5 Å². The Morgan fingerprint density at radius 1 is 1.15 bits per heavy atom. The Morgan fingerprint density at radius 2 is 1.85 bits per heavy atom. The van der Waals surface area contributed by atoms with Crippen molar-refractivity contribution in [2.24, 2.45) is 0 Å². The SMILES string of the molecule is O=C(Cc1ccc(N2CCCC2=O)cc1)Nc1ccc(Cl)c(C(F)(F)F)c1. The summed E-state index contributed by atoms with van der Waals surface area (Å²) in [5.41, 5.74) is 0.486. The summed E-state index contributed by atoms with van der Waals surface area (Å²) < 4.78 is 38.6. The van der Waals surface area contributed by atoms with Gasteiger partial charge in [-0.2, -0.15) is 13.2 Å². The normalized spacial score (nSPS) is 14.5. The first kappa shape index (κ1) is 19.2. The second-order valence-electron chi connectivity index (χ2n) is 6.23. The first-order valence-electron chi connectivity index (χ1n) is 8.30. The van der Waals surface area contributed by atoms with Crippen molar-refractivity contribution in [3.63, 3.8) is 0 Å². The Morgan fingerprint density at radius 3 is 2.44 bits per heavy atom. The lowest BCUT2D eigenvalue weighted by atomic mass is 10.1. The van der Waals surface area contributed by atoms with Gasteiger partial charge in [-0.1, -0.05) is 23.7 Å². The molecule has 1 N–H and O–H groups in total. The highest BCUT2D eigenvalue weighted by Crippen LogP contribution is 2.36. The summed E-state index contributed by atoms with van der Waals surface area (Å²) in [4.78, 5) is 25.6. The molecule has 1 heterocycles. The van der Waals surface area contributed by atoms with Gasteiger partial charge in [0.15, 0.2) is 0 Å². The molecule has 1 saturated heterocycles. The van der Waals surface area contributed by atoms with E-state index in [1.807, 2.05) is 0 Å². The van der Waals surface area contributed by atoms with Crippen LogP contribution in [0, 0.1) is 0 Å². The molecule has 1 aliphatic rings. The minimum Gasteiger partial charge on any atom is -0.326 e. The zero-order valence-electron chi connectivity index (χ0n) is 14.1. The maximum atomic E-state index is 12.9. The van der Waals surface area contributed by atoms with Crippen LogP contribution in [0.2, 0.25) is 5.02 Å². The monoisotopic (exact) mass is 396 g/mol. The lowest BCUT2D eigenvalue weighted by Crippen LogP contribution is -2.23. The fraction of sp³-hybridized carbons (Fsp3) is 0.263. The highest BCUT2D eigenvalue weighted by Gasteiger charge is 2.33. The van der Waals surface area contributed by atoms with E-state index in [9.17, 15) is 22.8 Å². The van der Waals surface area contributed by atoms with Gasteiger partial charge in [0.25, 0.3) is 0 Å². The summed E-state index contributed by atoms with van der Waals surface area (Å²) in [6, 6.07) is 10.2. The van der Waals surface area contributed by atoms with E-state index in [2.05, 4.69) is 5.32 Å². The van der Waals surface area contributed by atoms with Crippen molar-refractivity contribution in [2.45, 2.75) is 25.4 Å². The Labute approximate surface area is 158 Å². The van der Waals surface area contributed by atoms with Crippen molar-refractivity contribution in [1.82, 2.24) is 0 Å². The third kappa shape index (κ3) is 4.60. The van der Waals surface area contributed by atoms with Crippen molar-refractivity contribution in [2.75, 3.05) is 16.8 Å². The number of hydrogen-bond donors (Lipinski definition) is 1. The average molecular weight is 397 g/mol. The van der Waals surface area contributed by atoms with Crippen LogP contribution in [-0.4, -0.2) is 18.4 Å². The van der Waals surface area contributed by atoms with Gasteiger partial charge in [0.05, 0.1) is 17.0 Å². The van der Waals surface area contributed by atoms with Gasteiger partial charge in [-0.05, 0) is 42.3 Å². The summed E-state index contributed by atoms with van der Waals surface area (Å²) in [6.45, 7) is 0.677. The van der Waals surface area contributed by atoms with E-state index in [1.54, 1.807) is 29.2 Å². The van der Waals surface area contributed by atoms with E-state index in [4.69, 9.17) is 11.6 Å². The number of carbonyl (C=O) groups is 2. The third-order valence-corrected chi connectivity index (χ3v) is 4.57. The third-order valence-electron chi connectivity index (χ3n) is 4.24. The summed E-state index contributed by atoms with van der Waals surface area (Å²) in [5, 5.41) is 2.02. The lowest BCUT2D eigenvalue weighted by Gasteiger charge is -2.16. The summed E-state index contributed by atoms with van der Waals surface area (Å²) in [5.74, 6) is -0.376. The molecule has 0 spiro atoms. The van der Waals surface area contributed by atoms with Crippen molar-refractivity contribution in [3.05, 3.63) is 58.6 Å². The number of anilines is 2. The molecule has 0 unspecified atom stereocenters. The smallest absolute Gasteiger partial charge is 0.326 e. The lowest BCUT2D eigenvalue weighted by molar-refractivity contribution is -0.137. The molecule has 1 fully saturated rings. The highest BCUT2D eigenvalue weighted by atomic mass is 35.5. The van der Waals surface area contributed by atoms with Crippen LogP contribution in [0.1, 0.15) is 24.0 Å². The zero-order chi connectivity index (χ0) is 19.6. The fourth-order valence-corrected chi connectivity index (χ4v) is 3.15. The largest absolute Gasteiger partial charge is 0.417 e. The Kier molecular flexibility index (Phi) is 5.41. The Bertz CT molecular complexity index is 866. The molecule has 4 nitrogen and oxygen atoms in total. The number of carbonyl (C=O) groups excluding carboxylic acids is 2. The van der Waals surface area contributed by atoms with Crippen LogP contribution in [-0.2, 0) is 22.2 Å². The molecule has 2 aromatic carbocycles. The van der Waals surface area contributed by atoms with Crippen LogP contribution in [0.25, 0.3) is 0 Å². The van der Waals surface area contributed by atoms with Crippen molar-refractivity contribution in [1.29, 1.82) is 0 Å². The minimum atomic E-state index is -4.60. The number of amides is 2. The van der Waals surface area contributed by atoms with Gasteiger partial charge in [-0.25, -0.2) is 0 Å². The first-order chi connectivity index (χ1) is 12.7. The Balaban J connectivity index is 1.65. The molecule has 2 aromatic rings. The summed E-state index contributed by atoms with van der Waals surface area (Å²) in [6.07, 6.45) is -3.24. The maximum absolute atomic E-state index is 12.9. The number of hydrogen-bond acceptors (Lipinski definition) is 2. The van der Waals surface area contributed by atoms with E-state index >= 15 is 0 Å². The predicted molar refractivity (Wildman–Crippen MR) is 96.8 cm³/mol. The molecule has 0 bridgehead atoms. The molecule has 0 radical (unpaired) electrons. The number of halogens is 4. The van der Waals surface area contributed by atoms with Crippen molar-refractivity contribution < 1.29 is 22.8 Å². The van der Waals surface area contributed by atoms with Gasteiger partial charge in [-0.15, -0.1) is 0 Å². The number of alkyl halides is 3. The molecule has 0 aliphatic carbocycles. The minimum absolute atomic E-state index is 0.00178. The van der Waals surface area contributed by atoms with Gasteiger partial charge < -0.3 is 10.2 Å². The van der Waals surface area contributed by atoms with E-state index < -0.39 is 22.7 Å². The molecule has 3 rings (SSSR count). The standard InChI is InChI=1S/C19H16ClF3N2O2/c20-16-8-5-13(11-15(16)19(21,22)23)24-17(26)10-12-3-6-14(7-4-12)25-9-1-2-18(25)27/h3-8,11H,1-2,9-10H2,(H,24,26).